The number of benzene rings is 1. The first-order chi connectivity index (χ1) is 9.79. The number of likely N-dealkylation sites (tertiary alicyclic amines) is 1. The van der Waals surface area contributed by atoms with Gasteiger partial charge in [-0.1, -0.05) is 0 Å². The second-order valence-electron chi connectivity index (χ2n) is 5.60. The van der Waals surface area contributed by atoms with E-state index < -0.39 is 10.0 Å². The van der Waals surface area contributed by atoms with Crippen LogP contribution in [0.4, 0.5) is 0 Å². The summed E-state index contributed by atoms with van der Waals surface area (Å²) < 4.78 is 26.5. The second-order valence-corrected chi connectivity index (χ2v) is 7.31. The molecule has 0 spiro atoms. The van der Waals surface area contributed by atoms with Gasteiger partial charge >= 0.3 is 0 Å². The molecule has 1 atom stereocenters. The molecule has 0 saturated carbocycles. The van der Waals surface area contributed by atoms with Crippen LogP contribution < -0.4 is 10.5 Å². The van der Waals surface area contributed by atoms with Crippen LogP contribution in [0.25, 0.3) is 0 Å². The third kappa shape index (κ3) is 3.81. The minimum absolute atomic E-state index is 0.0313. The molecule has 1 aromatic carbocycles. The highest BCUT2D eigenvalue weighted by Gasteiger charge is 2.25. The van der Waals surface area contributed by atoms with Crippen molar-refractivity contribution in [3.05, 3.63) is 29.8 Å². The molecule has 0 radical (unpaired) electrons. The van der Waals surface area contributed by atoms with Crippen LogP contribution in [0.1, 0.15) is 30.6 Å². The number of carbonyl (C=O) groups is 1. The van der Waals surface area contributed by atoms with E-state index in [9.17, 15) is 13.2 Å². The lowest BCUT2D eigenvalue weighted by atomic mass is 10.2. The minimum Gasteiger partial charge on any atom is -0.337 e. The first-order valence-electron chi connectivity index (χ1n) is 6.97. The molecule has 116 valence electrons. The number of hydrogen-bond acceptors (Lipinski definition) is 4. The Morgan fingerprint density at radius 1 is 1.33 bits per heavy atom. The summed E-state index contributed by atoms with van der Waals surface area (Å²) in [6, 6.07) is 5.84. The van der Waals surface area contributed by atoms with Gasteiger partial charge in [0, 0.05) is 30.7 Å². The highest BCUT2D eigenvalue weighted by molar-refractivity contribution is 7.89. The van der Waals surface area contributed by atoms with Crippen molar-refractivity contribution in [2.24, 2.45) is 5.73 Å². The van der Waals surface area contributed by atoms with Crippen molar-refractivity contribution in [2.75, 3.05) is 13.1 Å². The molecule has 0 aromatic heterocycles. The predicted molar refractivity (Wildman–Crippen MR) is 80.4 cm³/mol. The Hall–Kier alpha value is -1.44. The molecular formula is C14H21N3O3S. The fraction of sp³-hybridized carbons (Fsp3) is 0.500. The fourth-order valence-electron chi connectivity index (χ4n) is 2.31. The number of rotatable bonds is 4. The molecule has 1 amide bonds. The normalized spacial score (nSPS) is 19.2. The Balaban J connectivity index is 2.14. The van der Waals surface area contributed by atoms with Crippen LogP contribution in [-0.2, 0) is 10.0 Å². The van der Waals surface area contributed by atoms with Crippen LogP contribution in [0, 0.1) is 0 Å². The first kappa shape index (κ1) is 15.9. The number of nitrogens with zero attached hydrogens (tertiary/aromatic N) is 1. The molecule has 1 saturated heterocycles. The van der Waals surface area contributed by atoms with Gasteiger partial charge in [0.2, 0.25) is 10.0 Å². The zero-order valence-electron chi connectivity index (χ0n) is 12.2. The Bertz CT molecular complexity index is 611. The second kappa shape index (κ2) is 6.13. The molecule has 6 nitrogen and oxygen atoms in total. The summed E-state index contributed by atoms with van der Waals surface area (Å²) in [7, 11) is -3.52. The van der Waals surface area contributed by atoms with Crippen molar-refractivity contribution in [1.82, 2.24) is 9.62 Å². The molecule has 1 fully saturated rings. The van der Waals surface area contributed by atoms with Crippen LogP contribution >= 0.6 is 0 Å². The Morgan fingerprint density at radius 2 is 1.95 bits per heavy atom. The monoisotopic (exact) mass is 311 g/mol. The lowest BCUT2D eigenvalue weighted by Crippen LogP contribution is -2.32. The summed E-state index contributed by atoms with van der Waals surface area (Å²) in [6.45, 7) is 4.71. The maximum Gasteiger partial charge on any atom is 0.253 e. The lowest BCUT2D eigenvalue weighted by molar-refractivity contribution is 0.0791. The van der Waals surface area contributed by atoms with Crippen molar-refractivity contribution in [2.45, 2.75) is 37.2 Å². The number of hydrogen-bond donors (Lipinski definition) is 2. The van der Waals surface area contributed by atoms with Crippen LogP contribution in [0.2, 0.25) is 0 Å². The number of amides is 1. The highest BCUT2D eigenvalue weighted by atomic mass is 32.2. The van der Waals surface area contributed by atoms with E-state index in [1.54, 1.807) is 30.9 Å². The Morgan fingerprint density at radius 3 is 2.43 bits per heavy atom. The molecule has 1 aliphatic heterocycles. The number of carbonyl (C=O) groups excluding carboxylic acids is 1. The molecule has 7 heteroatoms. The summed E-state index contributed by atoms with van der Waals surface area (Å²) in [5.74, 6) is -0.108. The quantitative estimate of drug-likeness (QED) is 0.849. The van der Waals surface area contributed by atoms with E-state index in [-0.39, 0.29) is 22.9 Å². The SMILES string of the molecule is CC(C)NS(=O)(=O)c1ccc(C(=O)N2CC[C@@H](N)C2)cc1. The van der Waals surface area contributed by atoms with Crippen molar-refractivity contribution in [1.29, 1.82) is 0 Å². The summed E-state index contributed by atoms with van der Waals surface area (Å²) in [5, 5.41) is 0. The standard InChI is InChI=1S/C14H21N3O3S/c1-10(2)16-21(19,20)13-5-3-11(4-6-13)14(18)17-8-7-12(15)9-17/h3-6,10,12,16H,7-9,15H2,1-2H3/t12-/m1/s1. The van der Waals surface area contributed by atoms with Crippen molar-refractivity contribution >= 4 is 15.9 Å². The topological polar surface area (TPSA) is 92.5 Å². The number of nitrogens with two attached hydrogens (primary N) is 1. The molecule has 0 unspecified atom stereocenters. The van der Waals surface area contributed by atoms with Gasteiger partial charge in [-0.05, 0) is 44.5 Å². The third-order valence-corrected chi connectivity index (χ3v) is 4.99. The predicted octanol–water partition coefficient (Wildman–Crippen LogP) is 0.547. The zero-order chi connectivity index (χ0) is 15.6. The molecule has 1 aromatic rings. The van der Waals surface area contributed by atoms with Gasteiger partial charge in [0.15, 0.2) is 0 Å². The van der Waals surface area contributed by atoms with Crippen LogP contribution in [0.3, 0.4) is 0 Å². The van der Waals surface area contributed by atoms with Gasteiger partial charge in [0.1, 0.15) is 0 Å². The average molecular weight is 311 g/mol. The molecule has 0 aliphatic carbocycles. The van der Waals surface area contributed by atoms with Crippen molar-refractivity contribution in [3.63, 3.8) is 0 Å². The first-order valence-corrected chi connectivity index (χ1v) is 8.45. The molecule has 0 bridgehead atoms. The smallest absolute Gasteiger partial charge is 0.253 e. The van der Waals surface area contributed by atoms with Gasteiger partial charge in [-0.3, -0.25) is 4.79 Å². The Kier molecular flexibility index (Phi) is 4.65. The van der Waals surface area contributed by atoms with Gasteiger partial charge in [0.25, 0.3) is 5.91 Å². The van der Waals surface area contributed by atoms with Crippen molar-refractivity contribution in [3.8, 4) is 0 Å². The van der Waals surface area contributed by atoms with Crippen molar-refractivity contribution < 1.29 is 13.2 Å². The maximum atomic E-state index is 12.2. The van der Waals surface area contributed by atoms with Crippen LogP contribution in [0.15, 0.2) is 29.2 Å². The van der Waals surface area contributed by atoms with Gasteiger partial charge in [-0.15, -0.1) is 0 Å². The Labute approximate surface area is 125 Å². The third-order valence-electron chi connectivity index (χ3n) is 3.31. The maximum absolute atomic E-state index is 12.2. The van der Waals surface area contributed by atoms with E-state index in [0.29, 0.717) is 18.7 Å². The largest absolute Gasteiger partial charge is 0.337 e. The van der Waals surface area contributed by atoms with Gasteiger partial charge < -0.3 is 10.6 Å². The molecule has 3 N–H and O–H groups in total. The molecular weight excluding hydrogens is 290 g/mol. The van der Waals surface area contributed by atoms with E-state index in [2.05, 4.69) is 4.72 Å². The summed E-state index contributed by atoms with van der Waals surface area (Å²) in [6.07, 6.45) is 0.802. The van der Waals surface area contributed by atoms with Gasteiger partial charge in [-0.25, -0.2) is 13.1 Å². The average Bonchev–Trinajstić information content (AvgIpc) is 2.83. The van der Waals surface area contributed by atoms with E-state index in [1.807, 2.05) is 0 Å². The highest BCUT2D eigenvalue weighted by Crippen LogP contribution is 2.15. The molecule has 2 rings (SSSR count). The zero-order valence-corrected chi connectivity index (χ0v) is 13.1. The van der Waals surface area contributed by atoms with E-state index >= 15 is 0 Å². The van der Waals surface area contributed by atoms with Crippen LogP contribution in [-0.4, -0.2) is 44.4 Å². The van der Waals surface area contributed by atoms with E-state index in [0.717, 1.165) is 6.42 Å². The molecule has 1 aliphatic rings. The van der Waals surface area contributed by atoms with E-state index in [4.69, 9.17) is 5.73 Å². The lowest BCUT2D eigenvalue weighted by Gasteiger charge is -2.16. The number of sulfonamides is 1. The molecule has 21 heavy (non-hydrogen) atoms. The fourth-order valence-corrected chi connectivity index (χ4v) is 3.56. The molecule has 1 heterocycles. The van der Waals surface area contributed by atoms with Crippen LogP contribution in [0.5, 0.6) is 0 Å². The van der Waals surface area contributed by atoms with Gasteiger partial charge in [0.05, 0.1) is 4.90 Å². The number of nitrogens with one attached hydrogen (secondary N) is 1. The summed E-state index contributed by atoms with van der Waals surface area (Å²) in [5.41, 5.74) is 6.27. The summed E-state index contributed by atoms with van der Waals surface area (Å²) in [4.78, 5) is 14.1. The summed E-state index contributed by atoms with van der Waals surface area (Å²) >= 11 is 0. The minimum atomic E-state index is -3.52. The van der Waals surface area contributed by atoms with Gasteiger partial charge in [-0.2, -0.15) is 0 Å². The van der Waals surface area contributed by atoms with E-state index in [1.165, 1.54) is 12.1 Å².